The number of hydroxylamine groups is 2. The van der Waals surface area contributed by atoms with E-state index in [0.717, 1.165) is 5.06 Å². The van der Waals surface area contributed by atoms with Gasteiger partial charge in [0.1, 0.15) is 0 Å². The average Bonchev–Trinajstić information content (AvgIpc) is 3.12. The standard InChI is InChI=1S/C26H29N2O5.K/c1-24(2)14-18(25(3,4)28(24)33)15-27-16-20(17-10-6-5-7-11-17)22(29)26(27,32)21-13-9-8-12-19(21)23(30)31;/h5-13,16,18,32H,14-15H2,1-4H3,(H,30,31);. The molecule has 0 aliphatic carbocycles. The maximum atomic E-state index is 13.7. The van der Waals surface area contributed by atoms with Gasteiger partial charge in [0.05, 0.1) is 5.56 Å². The van der Waals surface area contributed by atoms with Crippen molar-refractivity contribution in [2.75, 3.05) is 6.54 Å². The quantitative estimate of drug-likeness (QED) is 0.627. The van der Waals surface area contributed by atoms with Crippen molar-refractivity contribution < 1.29 is 25.0 Å². The first-order chi connectivity index (χ1) is 15.4. The molecule has 2 heterocycles. The van der Waals surface area contributed by atoms with Crippen LogP contribution in [0.3, 0.4) is 0 Å². The van der Waals surface area contributed by atoms with Gasteiger partial charge in [-0.05, 0) is 51.7 Å². The molecule has 0 aromatic heterocycles. The number of ketones is 1. The number of hydrogen-bond donors (Lipinski definition) is 2. The molecule has 1 fully saturated rings. The second-order valence-corrected chi connectivity index (χ2v) is 10.1. The van der Waals surface area contributed by atoms with Gasteiger partial charge < -0.3 is 15.1 Å². The summed E-state index contributed by atoms with van der Waals surface area (Å²) in [6.07, 6.45) is 2.17. The van der Waals surface area contributed by atoms with Crippen molar-refractivity contribution in [3.05, 3.63) is 77.5 Å². The Hall–Kier alpha value is -1.36. The largest absolute Gasteiger partial charge is 0.478 e. The van der Waals surface area contributed by atoms with E-state index in [1.165, 1.54) is 17.0 Å². The van der Waals surface area contributed by atoms with Crippen LogP contribution < -0.4 is 0 Å². The Kier molecular flexibility index (Phi) is 7.68. The Labute approximate surface area is 242 Å². The molecule has 2 radical (unpaired) electrons. The van der Waals surface area contributed by atoms with E-state index in [9.17, 15) is 25.0 Å². The summed E-state index contributed by atoms with van der Waals surface area (Å²) in [5.41, 5.74) is -2.72. The number of carbonyl (C=O) groups is 2. The number of aliphatic hydroxyl groups is 1. The molecule has 0 amide bonds. The van der Waals surface area contributed by atoms with Crippen molar-refractivity contribution in [3.63, 3.8) is 0 Å². The van der Waals surface area contributed by atoms with Crippen molar-refractivity contribution in [1.82, 2.24) is 9.96 Å². The van der Waals surface area contributed by atoms with Crippen LogP contribution in [0.4, 0.5) is 0 Å². The molecule has 174 valence electrons. The number of hydrogen-bond acceptors (Lipinski definition) is 5. The van der Waals surface area contributed by atoms with Crippen LogP contribution in [-0.4, -0.2) is 101 Å². The fraction of sp³-hybridized carbons (Fsp3) is 0.385. The molecular weight excluding hydrogens is 459 g/mol. The van der Waals surface area contributed by atoms with Crippen LogP contribution in [-0.2, 0) is 15.7 Å². The van der Waals surface area contributed by atoms with Gasteiger partial charge in [-0.15, -0.1) is 10.3 Å². The first-order valence-electron chi connectivity index (χ1n) is 11.0. The van der Waals surface area contributed by atoms with Gasteiger partial charge in [0.15, 0.2) is 0 Å². The Bertz CT molecular complexity index is 1130. The van der Waals surface area contributed by atoms with E-state index < -0.39 is 28.6 Å². The van der Waals surface area contributed by atoms with E-state index in [2.05, 4.69) is 0 Å². The van der Waals surface area contributed by atoms with Gasteiger partial charge in [-0.3, -0.25) is 4.79 Å². The number of aromatic carboxylic acids is 1. The fourth-order valence-electron chi connectivity index (χ4n) is 5.29. The third-order valence-electron chi connectivity index (χ3n) is 7.11. The number of carboxylic acid groups (broad SMARTS) is 1. The van der Waals surface area contributed by atoms with Gasteiger partial charge in [-0.2, -0.15) is 0 Å². The van der Waals surface area contributed by atoms with Crippen molar-refractivity contribution >= 4 is 68.7 Å². The van der Waals surface area contributed by atoms with E-state index in [1.54, 1.807) is 42.6 Å². The summed E-state index contributed by atoms with van der Waals surface area (Å²) in [6.45, 7) is 7.70. The Morgan fingerprint density at radius 3 is 2.18 bits per heavy atom. The molecule has 2 aliphatic heterocycles. The predicted octanol–water partition coefficient (Wildman–Crippen LogP) is 3.30. The minimum absolute atomic E-state index is 0. The fourth-order valence-corrected chi connectivity index (χ4v) is 5.29. The molecular formula is C26H29KN2O5. The molecule has 2 aromatic carbocycles. The van der Waals surface area contributed by atoms with Crippen molar-refractivity contribution in [1.29, 1.82) is 0 Å². The van der Waals surface area contributed by atoms with Crippen LogP contribution in [0.5, 0.6) is 0 Å². The molecule has 7 nitrogen and oxygen atoms in total. The summed E-state index contributed by atoms with van der Waals surface area (Å²) >= 11 is 0. The van der Waals surface area contributed by atoms with Crippen LogP contribution in [0.15, 0.2) is 60.8 Å². The summed E-state index contributed by atoms with van der Waals surface area (Å²) in [5.74, 6) is -1.99. The Morgan fingerprint density at radius 1 is 1.03 bits per heavy atom. The number of rotatable bonds is 5. The molecule has 4 rings (SSSR count). The van der Waals surface area contributed by atoms with Crippen LogP contribution in [0.2, 0.25) is 0 Å². The second-order valence-electron chi connectivity index (χ2n) is 10.1. The monoisotopic (exact) mass is 488 g/mol. The Morgan fingerprint density at radius 2 is 1.62 bits per heavy atom. The summed E-state index contributed by atoms with van der Waals surface area (Å²) in [6, 6.07) is 15.0. The number of Topliss-reactive ketones (excluding diaryl/α,β-unsaturated/α-hetero) is 1. The third kappa shape index (κ3) is 4.35. The maximum Gasteiger partial charge on any atom is 0.336 e. The smallest absolute Gasteiger partial charge is 0.336 e. The van der Waals surface area contributed by atoms with Crippen molar-refractivity contribution in [2.45, 2.75) is 50.9 Å². The van der Waals surface area contributed by atoms with Crippen LogP contribution >= 0.6 is 0 Å². The molecule has 2 aliphatic rings. The zero-order valence-electron chi connectivity index (χ0n) is 20.3. The van der Waals surface area contributed by atoms with Gasteiger partial charge in [-0.1, -0.05) is 48.5 Å². The molecule has 0 bridgehead atoms. The maximum absolute atomic E-state index is 13.7. The molecule has 2 unspecified atom stereocenters. The molecule has 2 N–H and O–H groups in total. The van der Waals surface area contributed by atoms with Crippen molar-refractivity contribution in [3.8, 4) is 0 Å². The normalized spacial score (nSPS) is 25.7. The number of carbonyl (C=O) groups excluding carboxylic acids is 1. The van der Waals surface area contributed by atoms with Gasteiger partial charge in [0, 0.05) is 86.3 Å². The minimum atomic E-state index is -2.20. The van der Waals surface area contributed by atoms with E-state index in [1.807, 2.05) is 33.8 Å². The molecule has 0 spiro atoms. The van der Waals surface area contributed by atoms with E-state index in [0.29, 0.717) is 17.6 Å². The van der Waals surface area contributed by atoms with Crippen LogP contribution in [0, 0.1) is 5.92 Å². The first-order valence-corrected chi connectivity index (χ1v) is 11.0. The van der Waals surface area contributed by atoms with Gasteiger partial charge in [0.25, 0.3) is 0 Å². The summed E-state index contributed by atoms with van der Waals surface area (Å²) in [7, 11) is 0. The van der Waals surface area contributed by atoms with Crippen molar-refractivity contribution in [2.24, 2.45) is 5.92 Å². The van der Waals surface area contributed by atoms with Crippen LogP contribution in [0.25, 0.3) is 5.57 Å². The molecule has 0 saturated carbocycles. The topological polar surface area (TPSA) is 101 Å². The molecule has 34 heavy (non-hydrogen) atoms. The van der Waals surface area contributed by atoms with E-state index in [-0.39, 0.29) is 75.0 Å². The van der Waals surface area contributed by atoms with E-state index in [4.69, 9.17) is 0 Å². The van der Waals surface area contributed by atoms with Gasteiger partial charge in [0.2, 0.25) is 11.5 Å². The van der Waals surface area contributed by atoms with Gasteiger partial charge in [-0.25, -0.2) is 4.79 Å². The molecule has 8 heteroatoms. The van der Waals surface area contributed by atoms with Crippen LogP contribution in [0.1, 0.15) is 55.6 Å². The molecule has 2 atom stereocenters. The molecule has 2 aromatic rings. The number of benzene rings is 2. The van der Waals surface area contributed by atoms with E-state index >= 15 is 0 Å². The SMILES string of the molecule is CC1(C)CC(CN2C=C(c3ccccc3)C(=O)C2(O)c2ccccc2C(=O)O)C(C)(C)N1[O].[K]. The van der Waals surface area contributed by atoms with Gasteiger partial charge >= 0.3 is 5.97 Å². The second kappa shape index (κ2) is 9.59. The zero-order valence-corrected chi connectivity index (χ0v) is 23.4. The number of carboxylic acids is 1. The third-order valence-corrected chi connectivity index (χ3v) is 7.11. The Balaban J connectivity index is 0.00000324. The first kappa shape index (κ1) is 27.2. The summed E-state index contributed by atoms with van der Waals surface area (Å²) in [4.78, 5) is 27.2. The zero-order chi connectivity index (χ0) is 24.2. The minimum Gasteiger partial charge on any atom is -0.478 e. The predicted molar refractivity (Wildman–Crippen MR) is 128 cm³/mol. The summed E-state index contributed by atoms with van der Waals surface area (Å²) < 4.78 is 0. The number of nitrogens with zero attached hydrogens (tertiary/aromatic N) is 2. The summed E-state index contributed by atoms with van der Waals surface area (Å²) in [5, 5.41) is 35.7. The average molecular weight is 489 g/mol. The molecule has 1 saturated heterocycles.